The van der Waals surface area contributed by atoms with Crippen LogP contribution >= 0.6 is 11.8 Å². The number of rotatable bonds is 8. The van der Waals surface area contributed by atoms with Crippen LogP contribution in [0.1, 0.15) is 0 Å². The molecule has 0 aliphatic carbocycles. The summed E-state index contributed by atoms with van der Waals surface area (Å²) in [6, 6.07) is 78.6. The number of hydrogen-bond donors (Lipinski definition) is 0. The molecule has 1 aliphatic heterocycles. The molecule has 0 unspecified atom stereocenters. The van der Waals surface area contributed by atoms with E-state index in [2.05, 4.69) is 228 Å². The molecule has 9 aromatic carbocycles. The van der Waals surface area contributed by atoms with Gasteiger partial charge >= 0.3 is 0 Å². The van der Waals surface area contributed by atoms with E-state index in [0.29, 0.717) is 0 Å². The van der Waals surface area contributed by atoms with Crippen molar-refractivity contribution in [3.63, 3.8) is 0 Å². The van der Waals surface area contributed by atoms with Gasteiger partial charge < -0.3 is 9.80 Å². The first-order chi connectivity index (χ1) is 27.3. The highest BCUT2D eigenvalue weighted by atomic mass is 32.2. The molecule has 2 nitrogen and oxygen atoms in total. The normalized spacial score (nSPS) is 11.6. The summed E-state index contributed by atoms with van der Waals surface area (Å²) in [7, 11) is 0. The van der Waals surface area contributed by atoms with Gasteiger partial charge in [0.2, 0.25) is 0 Å². The molecule has 9 aromatic rings. The summed E-state index contributed by atoms with van der Waals surface area (Å²) in [5.74, 6) is 0. The molecular weight excluding hydrogens is 685 g/mol. The van der Waals surface area contributed by atoms with Gasteiger partial charge in [-0.15, -0.1) is 0 Å². The van der Waals surface area contributed by atoms with Crippen molar-refractivity contribution in [2.75, 3.05) is 9.80 Å². The van der Waals surface area contributed by atoms with Gasteiger partial charge in [0, 0.05) is 49.3 Å². The molecule has 0 fully saturated rings. The predicted octanol–water partition coefficient (Wildman–Crippen LogP) is 15.2. The molecule has 0 N–H and O–H groups in total. The number of benzene rings is 9. The zero-order chi connectivity index (χ0) is 36.6. The summed E-state index contributed by atoms with van der Waals surface area (Å²) < 4.78 is 0. The Morgan fingerprint density at radius 3 is 1.20 bits per heavy atom. The van der Waals surface area contributed by atoms with Crippen LogP contribution < -0.4 is 9.80 Å². The summed E-state index contributed by atoms with van der Waals surface area (Å²) in [6.45, 7) is 0. The van der Waals surface area contributed by atoms with E-state index < -0.39 is 0 Å². The molecule has 0 aromatic heterocycles. The van der Waals surface area contributed by atoms with E-state index in [-0.39, 0.29) is 0 Å². The number of nitrogens with zero attached hydrogens (tertiary/aromatic N) is 2. The van der Waals surface area contributed by atoms with Gasteiger partial charge in [-0.05, 0) is 124 Å². The third-order valence-corrected chi connectivity index (χ3v) is 11.6. The van der Waals surface area contributed by atoms with Crippen LogP contribution in [0.2, 0.25) is 0 Å². The van der Waals surface area contributed by atoms with Crippen molar-refractivity contribution in [3.8, 4) is 33.4 Å². The topological polar surface area (TPSA) is 6.48 Å². The van der Waals surface area contributed by atoms with Crippen LogP contribution in [-0.4, -0.2) is 0 Å². The quantitative estimate of drug-likeness (QED) is 0.154. The van der Waals surface area contributed by atoms with E-state index in [9.17, 15) is 0 Å². The average molecular weight is 721 g/mol. The smallest absolute Gasteiger partial charge is 0.0462 e. The summed E-state index contributed by atoms with van der Waals surface area (Å²) in [5, 5.41) is 2.61. The highest BCUT2D eigenvalue weighted by molar-refractivity contribution is 7.99. The molecule has 0 spiro atoms. The Balaban J connectivity index is 0.968. The van der Waals surface area contributed by atoms with Crippen molar-refractivity contribution in [1.29, 1.82) is 0 Å². The molecule has 10 rings (SSSR count). The molecule has 0 amide bonds. The first-order valence-corrected chi connectivity index (χ1v) is 19.5. The first-order valence-electron chi connectivity index (χ1n) is 18.7. The lowest BCUT2D eigenvalue weighted by molar-refractivity contribution is 1.28. The van der Waals surface area contributed by atoms with Crippen LogP contribution in [0.3, 0.4) is 0 Å². The third-order valence-electron chi connectivity index (χ3n) is 10.4. The summed E-state index contributed by atoms with van der Waals surface area (Å²) in [4.78, 5) is 7.20. The molecule has 0 atom stereocenters. The van der Waals surface area contributed by atoms with E-state index >= 15 is 0 Å². The summed E-state index contributed by atoms with van der Waals surface area (Å²) in [5.41, 5.74) is 14.3. The molecular formula is C52H36N2S. The fraction of sp³-hybridized carbons (Fsp3) is 0. The Labute approximate surface area is 326 Å². The third kappa shape index (κ3) is 6.15. The Kier molecular flexibility index (Phi) is 8.47. The number of hydrogen-bond acceptors (Lipinski definition) is 3. The van der Waals surface area contributed by atoms with Gasteiger partial charge in [0.05, 0.1) is 0 Å². The van der Waals surface area contributed by atoms with Crippen molar-refractivity contribution in [2.24, 2.45) is 0 Å². The minimum Gasteiger partial charge on any atom is -0.311 e. The van der Waals surface area contributed by atoms with Gasteiger partial charge in [-0.3, -0.25) is 0 Å². The maximum atomic E-state index is 2.36. The van der Waals surface area contributed by atoms with Gasteiger partial charge in [0.25, 0.3) is 0 Å². The molecule has 0 saturated heterocycles. The standard InChI is InChI=1S/C52H36N2S/c1-5-14-40(15-6-1)53(41-16-7-2-8-17-41)44-29-24-37(25-30-44)39-28-33-47-49-35-34-46(48-22-13-23-50(52(48)49)55-51(47)36-39)38-26-31-45(32-27-38)54(42-18-9-3-10-19-42)43-20-11-4-12-21-43/h1-36H. The maximum Gasteiger partial charge on any atom is 0.0462 e. The van der Waals surface area contributed by atoms with Crippen molar-refractivity contribution < 1.29 is 0 Å². The van der Waals surface area contributed by atoms with Crippen molar-refractivity contribution >= 4 is 56.7 Å². The number of anilines is 6. The largest absolute Gasteiger partial charge is 0.311 e. The Hall–Kier alpha value is -6.81. The fourth-order valence-corrected chi connectivity index (χ4v) is 9.04. The molecule has 1 aliphatic rings. The maximum absolute atomic E-state index is 2.36. The highest BCUT2D eigenvalue weighted by Crippen LogP contribution is 2.51. The number of para-hydroxylation sites is 4. The van der Waals surface area contributed by atoms with E-state index in [1.165, 1.54) is 53.9 Å². The second kappa shape index (κ2) is 14.2. The lowest BCUT2D eigenvalue weighted by atomic mass is 9.91. The van der Waals surface area contributed by atoms with E-state index in [1.807, 2.05) is 11.8 Å². The zero-order valence-corrected chi connectivity index (χ0v) is 30.9. The van der Waals surface area contributed by atoms with Crippen molar-refractivity contribution in [2.45, 2.75) is 9.79 Å². The lowest BCUT2D eigenvalue weighted by Crippen LogP contribution is -2.09. The first kappa shape index (κ1) is 32.8. The Bertz CT molecular complexity index is 2670. The van der Waals surface area contributed by atoms with Gasteiger partial charge in [0.1, 0.15) is 0 Å². The molecule has 1 heterocycles. The van der Waals surface area contributed by atoms with Gasteiger partial charge in [-0.25, -0.2) is 0 Å². The Morgan fingerprint density at radius 2 is 0.691 bits per heavy atom. The monoisotopic (exact) mass is 720 g/mol. The van der Waals surface area contributed by atoms with E-state index in [0.717, 1.165) is 34.1 Å². The van der Waals surface area contributed by atoms with Crippen LogP contribution in [0.25, 0.3) is 44.2 Å². The summed E-state index contributed by atoms with van der Waals surface area (Å²) >= 11 is 1.88. The van der Waals surface area contributed by atoms with Gasteiger partial charge in [-0.1, -0.05) is 145 Å². The van der Waals surface area contributed by atoms with Crippen LogP contribution in [-0.2, 0) is 0 Å². The minimum absolute atomic E-state index is 1.13. The zero-order valence-electron chi connectivity index (χ0n) is 30.1. The Morgan fingerprint density at radius 1 is 0.273 bits per heavy atom. The lowest BCUT2D eigenvalue weighted by Gasteiger charge is -2.26. The second-order valence-corrected chi connectivity index (χ2v) is 14.8. The molecule has 3 heteroatoms. The van der Waals surface area contributed by atoms with Crippen molar-refractivity contribution in [3.05, 3.63) is 218 Å². The molecule has 0 bridgehead atoms. The molecule has 0 radical (unpaired) electrons. The molecule has 260 valence electrons. The summed E-state index contributed by atoms with van der Waals surface area (Å²) in [6.07, 6.45) is 0. The number of fused-ring (bicyclic) bond motifs is 2. The van der Waals surface area contributed by atoms with E-state index in [4.69, 9.17) is 0 Å². The van der Waals surface area contributed by atoms with Crippen LogP contribution in [0, 0.1) is 0 Å². The van der Waals surface area contributed by atoms with Crippen LogP contribution in [0.4, 0.5) is 34.1 Å². The predicted molar refractivity (Wildman–Crippen MR) is 234 cm³/mol. The minimum atomic E-state index is 1.13. The highest BCUT2D eigenvalue weighted by Gasteiger charge is 2.22. The SMILES string of the molecule is c1ccc(N(c2ccccc2)c2ccc(-c3ccc4c(c3)Sc3cccc5c(-c6ccc(N(c7ccccc7)c7ccccc7)cc6)ccc-4c35)cc2)cc1. The van der Waals surface area contributed by atoms with Gasteiger partial charge in [0.15, 0.2) is 0 Å². The van der Waals surface area contributed by atoms with Gasteiger partial charge in [-0.2, -0.15) is 0 Å². The molecule has 0 saturated carbocycles. The second-order valence-electron chi connectivity index (χ2n) is 13.8. The fourth-order valence-electron chi connectivity index (χ4n) is 7.86. The van der Waals surface area contributed by atoms with Crippen molar-refractivity contribution in [1.82, 2.24) is 0 Å². The van der Waals surface area contributed by atoms with Crippen LogP contribution in [0.5, 0.6) is 0 Å². The molecule has 55 heavy (non-hydrogen) atoms. The van der Waals surface area contributed by atoms with Crippen LogP contribution in [0.15, 0.2) is 228 Å². The van der Waals surface area contributed by atoms with E-state index in [1.54, 1.807) is 0 Å². The average Bonchev–Trinajstić information content (AvgIpc) is 3.26.